The third-order valence-electron chi connectivity index (χ3n) is 3.03. The standard InChI is InChI=1S/C13H21N7O/c1-9(2)20-10(3)15-12(17-20)16-13(21)18(4)7-11-6-14-19(5)8-11/h6,8-9H,7H2,1-5H3,(H,16,17,21). The second-order valence-corrected chi connectivity index (χ2v) is 5.33. The summed E-state index contributed by atoms with van der Waals surface area (Å²) in [6.45, 7) is 6.37. The number of hydrogen-bond donors (Lipinski definition) is 1. The van der Waals surface area contributed by atoms with E-state index in [1.807, 2.05) is 34.0 Å². The molecule has 0 bridgehead atoms. The van der Waals surface area contributed by atoms with Crippen molar-refractivity contribution in [3.8, 4) is 0 Å². The minimum atomic E-state index is -0.250. The van der Waals surface area contributed by atoms with Gasteiger partial charge >= 0.3 is 6.03 Å². The summed E-state index contributed by atoms with van der Waals surface area (Å²) >= 11 is 0. The number of rotatable bonds is 4. The zero-order valence-electron chi connectivity index (χ0n) is 13.0. The molecule has 2 rings (SSSR count). The summed E-state index contributed by atoms with van der Waals surface area (Å²) in [6, 6.07) is -0.0453. The molecule has 0 atom stereocenters. The van der Waals surface area contributed by atoms with Crippen molar-refractivity contribution in [1.29, 1.82) is 0 Å². The van der Waals surface area contributed by atoms with Crippen molar-refractivity contribution in [2.45, 2.75) is 33.4 Å². The van der Waals surface area contributed by atoms with Crippen LogP contribution in [0.5, 0.6) is 0 Å². The largest absolute Gasteiger partial charge is 0.324 e. The zero-order chi connectivity index (χ0) is 15.6. The molecule has 0 radical (unpaired) electrons. The number of nitrogens with zero attached hydrogens (tertiary/aromatic N) is 6. The van der Waals surface area contributed by atoms with Gasteiger partial charge in [0, 0.05) is 31.9 Å². The van der Waals surface area contributed by atoms with Crippen LogP contribution in [0.3, 0.4) is 0 Å². The molecule has 8 nitrogen and oxygen atoms in total. The van der Waals surface area contributed by atoms with Crippen molar-refractivity contribution in [2.75, 3.05) is 12.4 Å². The number of carbonyl (C=O) groups excluding carboxylic acids is 1. The summed E-state index contributed by atoms with van der Waals surface area (Å²) < 4.78 is 3.48. The van der Waals surface area contributed by atoms with Crippen LogP contribution in [0.2, 0.25) is 0 Å². The first-order chi connectivity index (χ1) is 9.86. The summed E-state index contributed by atoms with van der Waals surface area (Å²) in [7, 11) is 3.56. The Morgan fingerprint density at radius 3 is 2.71 bits per heavy atom. The van der Waals surface area contributed by atoms with Crippen LogP contribution in [0.15, 0.2) is 12.4 Å². The summed E-state index contributed by atoms with van der Waals surface area (Å²) in [5.74, 6) is 1.10. The van der Waals surface area contributed by atoms with Crippen molar-refractivity contribution < 1.29 is 4.79 Å². The molecular formula is C13H21N7O. The highest BCUT2D eigenvalue weighted by Gasteiger charge is 2.14. The predicted molar refractivity (Wildman–Crippen MR) is 78.8 cm³/mol. The molecule has 0 saturated heterocycles. The minimum Gasteiger partial charge on any atom is -0.323 e. The van der Waals surface area contributed by atoms with Gasteiger partial charge in [0.05, 0.1) is 12.7 Å². The summed E-state index contributed by atoms with van der Waals surface area (Å²) in [4.78, 5) is 17.9. The first kappa shape index (κ1) is 15.0. The number of aromatic nitrogens is 5. The summed E-state index contributed by atoms with van der Waals surface area (Å²) in [6.07, 6.45) is 3.61. The van der Waals surface area contributed by atoms with E-state index in [0.29, 0.717) is 12.5 Å². The molecule has 8 heteroatoms. The van der Waals surface area contributed by atoms with E-state index in [4.69, 9.17) is 0 Å². The molecule has 0 aliphatic rings. The molecule has 1 N–H and O–H groups in total. The normalized spacial score (nSPS) is 11.0. The lowest BCUT2D eigenvalue weighted by molar-refractivity contribution is 0.220. The first-order valence-corrected chi connectivity index (χ1v) is 6.79. The smallest absolute Gasteiger partial charge is 0.323 e. The van der Waals surface area contributed by atoms with Gasteiger partial charge in [0.15, 0.2) is 0 Å². The SMILES string of the molecule is Cc1nc(NC(=O)N(C)Cc2cnn(C)c2)nn1C(C)C. The molecule has 0 aliphatic heterocycles. The third kappa shape index (κ3) is 3.59. The number of urea groups is 1. The Kier molecular flexibility index (Phi) is 4.25. The molecule has 21 heavy (non-hydrogen) atoms. The van der Waals surface area contributed by atoms with Crippen molar-refractivity contribution in [3.63, 3.8) is 0 Å². The molecule has 2 aromatic rings. The van der Waals surface area contributed by atoms with Gasteiger partial charge in [-0.3, -0.25) is 10.00 Å². The fourth-order valence-corrected chi connectivity index (χ4v) is 2.03. The van der Waals surface area contributed by atoms with Gasteiger partial charge in [0.1, 0.15) is 5.82 Å². The molecule has 0 unspecified atom stereocenters. The van der Waals surface area contributed by atoms with Gasteiger partial charge in [-0.2, -0.15) is 10.1 Å². The lowest BCUT2D eigenvalue weighted by Crippen LogP contribution is -2.31. The molecule has 0 saturated carbocycles. The molecule has 2 aromatic heterocycles. The van der Waals surface area contributed by atoms with Crippen LogP contribution in [0.1, 0.15) is 31.3 Å². The maximum atomic E-state index is 12.1. The number of aryl methyl sites for hydroxylation is 2. The lowest BCUT2D eigenvalue weighted by Gasteiger charge is -2.15. The van der Waals surface area contributed by atoms with Crippen molar-refractivity contribution in [3.05, 3.63) is 23.8 Å². The Labute approximate surface area is 123 Å². The Bertz CT molecular complexity index is 628. The second-order valence-electron chi connectivity index (χ2n) is 5.33. The first-order valence-electron chi connectivity index (χ1n) is 6.79. The van der Waals surface area contributed by atoms with Crippen LogP contribution in [-0.4, -0.2) is 42.5 Å². The van der Waals surface area contributed by atoms with Crippen LogP contribution >= 0.6 is 0 Å². The molecular weight excluding hydrogens is 270 g/mol. The molecule has 0 aromatic carbocycles. The van der Waals surface area contributed by atoms with E-state index in [-0.39, 0.29) is 12.1 Å². The molecule has 0 aliphatic carbocycles. The lowest BCUT2D eigenvalue weighted by atomic mass is 10.3. The summed E-state index contributed by atoms with van der Waals surface area (Å²) in [5.41, 5.74) is 0.965. The fraction of sp³-hybridized carbons (Fsp3) is 0.538. The quantitative estimate of drug-likeness (QED) is 0.927. The zero-order valence-corrected chi connectivity index (χ0v) is 13.0. The minimum absolute atomic E-state index is 0.205. The Hall–Kier alpha value is -2.38. The van der Waals surface area contributed by atoms with Gasteiger partial charge in [0.25, 0.3) is 0 Å². The number of nitrogens with one attached hydrogen (secondary N) is 1. The average molecular weight is 291 g/mol. The number of carbonyl (C=O) groups is 1. The molecule has 2 amide bonds. The average Bonchev–Trinajstić information content (AvgIpc) is 2.95. The van der Waals surface area contributed by atoms with E-state index >= 15 is 0 Å². The Morgan fingerprint density at radius 1 is 1.48 bits per heavy atom. The van der Waals surface area contributed by atoms with E-state index < -0.39 is 0 Å². The van der Waals surface area contributed by atoms with E-state index in [9.17, 15) is 4.79 Å². The van der Waals surface area contributed by atoms with Crippen molar-refractivity contribution in [1.82, 2.24) is 29.4 Å². The monoisotopic (exact) mass is 291 g/mol. The van der Waals surface area contributed by atoms with Gasteiger partial charge in [0.2, 0.25) is 5.95 Å². The second kappa shape index (κ2) is 5.94. The van der Waals surface area contributed by atoms with Crippen LogP contribution in [0, 0.1) is 6.92 Å². The predicted octanol–water partition coefficient (Wildman–Crippen LogP) is 1.56. The van der Waals surface area contributed by atoms with Crippen LogP contribution in [-0.2, 0) is 13.6 Å². The highest BCUT2D eigenvalue weighted by molar-refractivity contribution is 5.87. The number of amides is 2. The highest BCUT2D eigenvalue weighted by Crippen LogP contribution is 2.10. The van der Waals surface area contributed by atoms with Crippen LogP contribution < -0.4 is 5.32 Å². The van der Waals surface area contributed by atoms with Crippen LogP contribution in [0.4, 0.5) is 10.7 Å². The molecule has 114 valence electrons. The van der Waals surface area contributed by atoms with E-state index in [2.05, 4.69) is 20.5 Å². The van der Waals surface area contributed by atoms with E-state index in [0.717, 1.165) is 11.4 Å². The summed E-state index contributed by atoms with van der Waals surface area (Å²) in [5, 5.41) is 11.1. The van der Waals surface area contributed by atoms with Gasteiger partial charge < -0.3 is 4.90 Å². The van der Waals surface area contributed by atoms with Crippen molar-refractivity contribution >= 4 is 12.0 Å². The maximum absolute atomic E-state index is 12.1. The highest BCUT2D eigenvalue weighted by atomic mass is 16.2. The number of anilines is 1. The van der Waals surface area contributed by atoms with Crippen molar-refractivity contribution in [2.24, 2.45) is 7.05 Å². The van der Waals surface area contributed by atoms with Gasteiger partial charge in [-0.05, 0) is 20.8 Å². The van der Waals surface area contributed by atoms with Gasteiger partial charge in [-0.25, -0.2) is 9.48 Å². The Morgan fingerprint density at radius 2 is 2.19 bits per heavy atom. The van der Waals surface area contributed by atoms with Gasteiger partial charge in [-0.15, -0.1) is 5.10 Å². The van der Waals surface area contributed by atoms with E-state index in [1.54, 1.807) is 27.5 Å². The topological polar surface area (TPSA) is 80.9 Å². The fourth-order valence-electron chi connectivity index (χ4n) is 2.03. The third-order valence-corrected chi connectivity index (χ3v) is 3.03. The van der Waals surface area contributed by atoms with E-state index in [1.165, 1.54) is 0 Å². The van der Waals surface area contributed by atoms with Gasteiger partial charge in [-0.1, -0.05) is 0 Å². The molecule has 0 fully saturated rings. The maximum Gasteiger partial charge on any atom is 0.324 e. The molecule has 0 spiro atoms. The van der Waals surface area contributed by atoms with Crippen LogP contribution in [0.25, 0.3) is 0 Å². The number of hydrogen-bond acceptors (Lipinski definition) is 4. The Balaban J connectivity index is 1.98. The molecule has 2 heterocycles.